The lowest BCUT2D eigenvalue weighted by Crippen LogP contribution is -2.35. The Kier molecular flexibility index (Phi) is 4.27. The number of nitrogens with two attached hydrogens (primary N) is 1. The number of rotatable bonds is 3. The van der Waals surface area contributed by atoms with Gasteiger partial charge in [-0.1, -0.05) is 38.0 Å². The van der Waals surface area contributed by atoms with Gasteiger partial charge >= 0.3 is 0 Å². The molecule has 1 aromatic carbocycles. The molecule has 1 aromatic rings. The Labute approximate surface area is 121 Å². The molecule has 1 atom stereocenters. The second kappa shape index (κ2) is 6.15. The number of hydrogen-bond donors (Lipinski definition) is 2. The predicted molar refractivity (Wildman–Crippen MR) is 81.4 cm³/mol. The van der Waals surface area contributed by atoms with Gasteiger partial charge in [0.05, 0.1) is 12.6 Å². The highest BCUT2D eigenvalue weighted by Gasteiger charge is 2.29. The molecule has 0 spiro atoms. The van der Waals surface area contributed by atoms with E-state index in [1.165, 1.54) is 36.8 Å². The fourth-order valence-electron chi connectivity index (χ4n) is 3.76. The molecule has 1 aliphatic carbocycles. The van der Waals surface area contributed by atoms with Gasteiger partial charge in [-0.25, -0.2) is 0 Å². The summed E-state index contributed by atoms with van der Waals surface area (Å²) in [7, 11) is 0. The van der Waals surface area contributed by atoms with Crippen molar-refractivity contribution in [1.82, 2.24) is 5.43 Å². The summed E-state index contributed by atoms with van der Waals surface area (Å²) < 4.78 is 5.95. The summed E-state index contributed by atoms with van der Waals surface area (Å²) in [6, 6.07) is 6.76. The summed E-state index contributed by atoms with van der Waals surface area (Å²) in [6.07, 6.45) is 7.41. The number of fused-ring (bicyclic) bond motifs is 1. The van der Waals surface area contributed by atoms with Crippen molar-refractivity contribution in [2.45, 2.75) is 51.5 Å². The van der Waals surface area contributed by atoms with Gasteiger partial charge in [0.15, 0.2) is 0 Å². The Hall–Kier alpha value is -1.06. The molecule has 1 aliphatic heterocycles. The highest BCUT2D eigenvalue weighted by Crippen LogP contribution is 2.41. The minimum atomic E-state index is 0.232. The Morgan fingerprint density at radius 2 is 2.05 bits per heavy atom. The molecule has 1 heterocycles. The number of ether oxygens (including phenoxy) is 1. The SMILES string of the molecule is CC1CCC(C(NN)c2cccc3c2OCCC3)CC1. The zero-order chi connectivity index (χ0) is 13.9. The van der Waals surface area contributed by atoms with E-state index in [2.05, 4.69) is 30.5 Å². The molecule has 3 N–H and O–H groups in total. The van der Waals surface area contributed by atoms with E-state index in [0.29, 0.717) is 5.92 Å². The average molecular weight is 274 g/mol. The summed E-state index contributed by atoms with van der Waals surface area (Å²) in [5, 5.41) is 0. The van der Waals surface area contributed by atoms with Crippen LogP contribution < -0.4 is 16.0 Å². The number of para-hydroxylation sites is 1. The van der Waals surface area contributed by atoms with E-state index in [1.54, 1.807) is 0 Å². The lowest BCUT2D eigenvalue weighted by molar-refractivity contribution is 0.223. The van der Waals surface area contributed by atoms with Crippen LogP contribution >= 0.6 is 0 Å². The molecule has 1 fully saturated rings. The standard InChI is InChI=1S/C17H26N2O/c1-12-7-9-13(10-8-12)16(19-18)15-6-2-4-14-5-3-11-20-17(14)15/h2,4,6,12-13,16,19H,3,5,7-11,18H2,1H3. The van der Waals surface area contributed by atoms with Gasteiger partial charge in [0, 0.05) is 5.56 Å². The molecule has 3 heteroatoms. The maximum absolute atomic E-state index is 5.95. The Bertz CT molecular complexity index is 452. The molecular weight excluding hydrogens is 248 g/mol. The van der Waals surface area contributed by atoms with Gasteiger partial charge in [0.2, 0.25) is 0 Å². The lowest BCUT2D eigenvalue weighted by atomic mass is 9.77. The molecule has 20 heavy (non-hydrogen) atoms. The van der Waals surface area contributed by atoms with Gasteiger partial charge in [0.1, 0.15) is 5.75 Å². The molecule has 2 aliphatic rings. The highest BCUT2D eigenvalue weighted by molar-refractivity contribution is 5.44. The van der Waals surface area contributed by atoms with Crippen LogP contribution in [0.4, 0.5) is 0 Å². The third-order valence-electron chi connectivity index (χ3n) is 5.01. The van der Waals surface area contributed by atoms with Crippen LogP contribution in [0.25, 0.3) is 0 Å². The third-order valence-corrected chi connectivity index (χ3v) is 5.01. The Balaban J connectivity index is 1.86. The van der Waals surface area contributed by atoms with Crippen molar-refractivity contribution >= 4 is 0 Å². The zero-order valence-corrected chi connectivity index (χ0v) is 12.4. The van der Waals surface area contributed by atoms with Crippen LogP contribution in [0.3, 0.4) is 0 Å². The van der Waals surface area contributed by atoms with Crippen molar-refractivity contribution in [3.63, 3.8) is 0 Å². The van der Waals surface area contributed by atoms with E-state index in [4.69, 9.17) is 10.6 Å². The van der Waals surface area contributed by atoms with E-state index < -0.39 is 0 Å². The second-order valence-corrected chi connectivity index (χ2v) is 6.45. The van der Waals surface area contributed by atoms with E-state index in [0.717, 1.165) is 31.1 Å². The zero-order valence-electron chi connectivity index (χ0n) is 12.4. The lowest BCUT2D eigenvalue weighted by Gasteiger charge is -2.34. The van der Waals surface area contributed by atoms with Crippen molar-refractivity contribution in [3.05, 3.63) is 29.3 Å². The van der Waals surface area contributed by atoms with Crippen LogP contribution in [-0.4, -0.2) is 6.61 Å². The first-order valence-electron chi connectivity index (χ1n) is 8.00. The smallest absolute Gasteiger partial charge is 0.127 e. The van der Waals surface area contributed by atoms with E-state index in [1.807, 2.05) is 0 Å². The molecule has 110 valence electrons. The van der Waals surface area contributed by atoms with Gasteiger partial charge in [-0.2, -0.15) is 0 Å². The van der Waals surface area contributed by atoms with Gasteiger partial charge in [0.25, 0.3) is 0 Å². The second-order valence-electron chi connectivity index (χ2n) is 6.45. The number of benzene rings is 1. The highest BCUT2D eigenvalue weighted by atomic mass is 16.5. The minimum absolute atomic E-state index is 0.232. The number of aryl methyl sites for hydroxylation is 1. The predicted octanol–water partition coefficient (Wildman–Crippen LogP) is 3.34. The van der Waals surface area contributed by atoms with Crippen molar-refractivity contribution < 1.29 is 4.74 Å². The maximum Gasteiger partial charge on any atom is 0.127 e. The van der Waals surface area contributed by atoms with Crippen molar-refractivity contribution in [3.8, 4) is 5.75 Å². The monoisotopic (exact) mass is 274 g/mol. The van der Waals surface area contributed by atoms with Crippen molar-refractivity contribution in [1.29, 1.82) is 0 Å². The van der Waals surface area contributed by atoms with Crippen LogP contribution in [0.1, 0.15) is 56.2 Å². The molecule has 0 amide bonds. The van der Waals surface area contributed by atoms with Gasteiger partial charge in [-0.05, 0) is 43.1 Å². The Morgan fingerprint density at radius 3 is 2.80 bits per heavy atom. The summed E-state index contributed by atoms with van der Waals surface area (Å²) >= 11 is 0. The summed E-state index contributed by atoms with van der Waals surface area (Å²) in [6.45, 7) is 3.19. The van der Waals surface area contributed by atoms with Gasteiger partial charge in [-0.15, -0.1) is 0 Å². The van der Waals surface area contributed by atoms with Crippen LogP contribution in [0.2, 0.25) is 0 Å². The van der Waals surface area contributed by atoms with Crippen LogP contribution in [0, 0.1) is 11.8 Å². The minimum Gasteiger partial charge on any atom is -0.493 e. The summed E-state index contributed by atoms with van der Waals surface area (Å²) in [4.78, 5) is 0. The van der Waals surface area contributed by atoms with E-state index >= 15 is 0 Å². The fraction of sp³-hybridized carbons (Fsp3) is 0.647. The Morgan fingerprint density at radius 1 is 1.25 bits per heavy atom. The summed E-state index contributed by atoms with van der Waals surface area (Å²) in [5.74, 6) is 8.49. The first-order valence-corrected chi connectivity index (χ1v) is 8.00. The molecular formula is C17H26N2O. The fourth-order valence-corrected chi connectivity index (χ4v) is 3.76. The molecule has 3 rings (SSSR count). The number of nitrogens with one attached hydrogen (secondary N) is 1. The van der Waals surface area contributed by atoms with Gasteiger partial charge < -0.3 is 4.74 Å². The quantitative estimate of drug-likeness (QED) is 0.656. The molecule has 0 saturated heterocycles. The van der Waals surface area contributed by atoms with Crippen LogP contribution in [-0.2, 0) is 6.42 Å². The van der Waals surface area contributed by atoms with E-state index in [-0.39, 0.29) is 6.04 Å². The molecule has 1 unspecified atom stereocenters. The first kappa shape index (κ1) is 13.9. The summed E-state index contributed by atoms with van der Waals surface area (Å²) in [5.41, 5.74) is 5.69. The third kappa shape index (κ3) is 2.70. The van der Waals surface area contributed by atoms with Crippen molar-refractivity contribution in [2.24, 2.45) is 17.7 Å². The van der Waals surface area contributed by atoms with Crippen molar-refractivity contribution in [2.75, 3.05) is 6.61 Å². The molecule has 0 radical (unpaired) electrons. The molecule has 0 aromatic heterocycles. The topological polar surface area (TPSA) is 47.3 Å². The molecule has 1 saturated carbocycles. The number of hydrogen-bond acceptors (Lipinski definition) is 3. The van der Waals surface area contributed by atoms with Crippen LogP contribution in [0.5, 0.6) is 5.75 Å². The average Bonchev–Trinajstić information content (AvgIpc) is 2.50. The van der Waals surface area contributed by atoms with Gasteiger partial charge in [-0.3, -0.25) is 11.3 Å². The number of hydrazine groups is 1. The van der Waals surface area contributed by atoms with Crippen LogP contribution in [0.15, 0.2) is 18.2 Å². The maximum atomic E-state index is 5.95. The molecule has 0 bridgehead atoms. The van der Waals surface area contributed by atoms with E-state index in [9.17, 15) is 0 Å². The molecule has 3 nitrogen and oxygen atoms in total. The largest absolute Gasteiger partial charge is 0.493 e. The first-order chi connectivity index (χ1) is 9.79. The normalized spacial score (nSPS) is 27.5.